The molecule has 4 aromatic carbocycles. The van der Waals surface area contributed by atoms with E-state index in [0.717, 1.165) is 72.4 Å². The third-order valence-electron chi connectivity index (χ3n) is 7.47. The maximum absolute atomic E-state index is 5.23. The minimum atomic E-state index is 0.919. The topological polar surface area (TPSA) is 38.7 Å². The first-order chi connectivity index (χ1) is 19.6. The lowest BCUT2D eigenvalue weighted by Gasteiger charge is -2.15. The molecule has 0 saturated carbocycles. The third kappa shape index (κ3) is 4.32. The molecular weight excluding hydrogens is 486 g/mol. The lowest BCUT2D eigenvalue weighted by atomic mass is 9.95. The predicted molar refractivity (Wildman–Crippen MR) is 166 cm³/mol. The van der Waals surface area contributed by atoms with Gasteiger partial charge in [-0.15, -0.1) is 0 Å². The molecule has 0 fully saturated rings. The van der Waals surface area contributed by atoms with Gasteiger partial charge in [0.25, 0.3) is 0 Å². The standard InChI is InChI=1S/C37H27N3/c1-24-21-34(40-37-30(24)20-19-28-18-17-25(2)38-36(28)37)31-15-9-10-16-32(31)35-23-29(26-11-5-3-6-12-26)22-33(39-35)27-13-7-4-8-14-27/h3-23H,1-2H3. The molecular formula is C37H27N3. The van der Waals surface area contributed by atoms with Crippen LogP contribution in [0.5, 0.6) is 0 Å². The summed E-state index contributed by atoms with van der Waals surface area (Å²) in [6, 6.07) is 44.3. The highest BCUT2D eigenvalue weighted by Gasteiger charge is 2.16. The van der Waals surface area contributed by atoms with Crippen molar-refractivity contribution in [3.05, 3.63) is 139 Å². The summed E-state index contributed by atoms with van der Waals surface area (Å²) in [5.41, 5.74) is 12.3. The molecule has 3 heterocycles. The van der Waals surface area contributed by atoms with Crippen LogP contribution in [0.25, 0.3) is 66.7 Å². The van der Waals surface area contributed by atoms with Crippen LogP contribution in [-0.2, 0) is 0 Å². The number of rotatable bonds is 4. The Morgan fingerprint density at radius 2 is 1.02 bits per heavy atom. The van der Waals surface area contributed by atoms with Gasteiger partial charge in [0.1, 0.15) is 0 Å². The van der Waals surface area contributed by atoms with E-state index < -0.39 is 0 Å². The average molecular weight is 514 g/mol. The van der Waals surface area contributed by atoms with Crippen LogP contribution in [0, 0.1) is 13.8 Å². The van der Waals surface area contributed by atoms with Gasteiger partial charge in [0, 0.05) is 33.2 Å². The Morgan fingerprint density at radius 3 is 1.75 bits per heavy atom. The molecule has 40 heavy (non-hydrogen) atoms. The van der Waals surface area contributed by atoms with Gasteiger partial charge >= 0.3 is 0 Å². The number of fused-ring (bicyclic) bond motifs is 3. The number of hydrogen-bond acceptors (Lipinski definition) is 3. The SMILES string of the molecule is Cc1ccc2ccc3c(C)cc(-c4ccccc4-c4cc(-c5ccccc5)cc(-c5ccccc5)n4)nc3c2n1. The number of pyridine rings is 3. The molecule has 0 aliphatic carbocycles. The third-order valence-corrected chi connectivity index (χ3v) is 7.47. The second-order valence-corrected chi connectivity index (χ2v) is 10.2. The highest BCUT2D eigenvalue weighted by atomic mass is 14.8. The van der Waals surface area contributed by atoms with Crippen molar-refractivity contribution in [3.63, 3.8) is 0 Å². The van der Waals surface area contributed by atoms with Crippen LogP contribution < -0.4 is 0 Å². The van der Waals surface area contributed by atoms with Crippen molar-refractivity contribution in [3.8, 4) is 44.9 Å². The zero-order valence-electron chi connectivity index (χ0n) is 22.5. The fraction of sp³-hybridized carbons (Fsp3) is 0.0541. The van der Waals surface area contributed by atoms with Gasteiger partial charge in [-0.05, 0) is 54.8 Å². The van der Waals surface area contributed by atoms with E-state index >= 15 is 0 Å². The zero-order valence-corrected chi connectivity index (χ0v) is 22.5. The summed E-state index contributed by atoms with van der Waals surface area (Å²) in [6.45, 7) is 4.18. The molecule has 0 bridgehead atoms. The van der Waals surface area contributed by atoms with Gasteiger partial charge in [-0.1, -0.05) is 103 Å². The van der Waals surface area contributed by atoms with Crippen LogP contribution in [0.2, 0.25) is 0 Å². The Kier molecular flexibility index (Phi) is 5.90. The molecule has 3 nitrogen and oxygen atoms in total. The van der Waals surface area contributed by atoms with Crippen molar-refractivity contribution in [1.29, 1.82) is 0 Å². The minimum Gasteiger partial charge on any atom is -0.251 e. The molecule has 0 N–H and O–H groups in total. The van der Waals surface area contributed by atoms with Gasteiger partial charge in [-0.2, -0.15) is 0 Å². The van der Waals surface area contributed by atoms with Crippen molar-refractivity contribution >= 4 is 21.8 Å². The summed E-state index contributed by atoms with van der Waals surface area (Å²) in [6.07, 6.45) is 0. The Labute approximate surface area is 233 Å². The normalized spacial score (nSPS) is 11.2. The smallest absolute Gasteiger partial charge is 0.0974 e. The summed E-state index contributed by atoms with van der Waals surface area (Å²) in [7, 11) is 0. The highest BCUT2D eigenvalue weighted by Crippen LogP contribution is 2.36. The number of aryl methyl sites for hydroxylation is 2. The lowest BCUT2D eigenvalue weighted by Crippen LogP contribution is -1.96. The summed E-state index contributed by atoms with van der Waals surface area (Å²) in [4.78, 5) is 15.3. The zero-order chi connectivity index (χ0) is 27.1. The average Bonchev–Trinajstić information content (AvgIpc) is 3.01. The molecule has 7 rings (SSSR count). The number of aromatic nitrogens is 3. The minimum absolute atomic E-state index is 0.919. The van der Waals surface area contributed by atoms with Crippen molar-refractivity contribution < 1.29 is 0 Å². The highest BCUT2D eigenvalue weighted by molar-refractivity contribution is 6.05. The predicted octanol–water partition coefficient (Wildman–Crippen LogP) is 9.46. The second kappa shape index (κ2) is 9.87. The summed E-state index contributed by atoms with van der Waals surface area (Å²) in [5.74, 6) is 0. The maximum Gasteiger partial charge on any atom is 0.0974 e. The molecule has 0 radical (unpaired) electrons. The summed E-state index contributed by atoms with van der Waals surface area (Å²) >= 11 is 0. The molecule has 0 saturated heterocycles. The van der Waals surface area contributed by atoms with Gasteiger partial charge in [-0.3, -0.25) is 4.98 Å². The Morgan fingerprint density at radius 1 is 0.425 bits per heavy atom. The number of nitrogens with zero attached hydrogens (tertiary/aromatic N) is 3. The molecule has 0 amide bonds. The quantitative estimate of drug-likeness (QED) is 0.220. The molecule has 0 atom stereocenters. The fourth-order valence-corrected chi connectivity index (χ4v) is 5.43. The molecule has 0 unspecified atom stereocenters. The van der Waals surface area contributed by atoms with Crippen molar-refractivity contribution in [2.75, 3.05) is 0 Å². The first-order valence-electron chi connectivity index (χ1n) is 13.5. The van der Waals surface area contributed by atoms with E-state index in [0.29, 0.717) is 0 Å². The monoisotopic (exact) mass is 513 g/mol. The van der Waals surface area contributed by atoms with Crippen LogP contribution in [0.3, 0.4) is 0 Å². The van der Waals surface area contributed by atoms with Crippen LogP contribution in [0.15, 0.2) is 127 Å². The summed E-state index contributed by atoms with van der Waals surface area (Å²) in [5, 5.41) is 2.22. The summed E-state index contributed by atoms with van der Waals surface area (Å²) < 4.78 is 0. The maximum atomic E-state index is 5.23. The lowest BCUT2D eigenvalue weighted by molar-refractivity contribution is 1.25. The van der Waals surface area contributed by atoms with Gasteiger partial charge in [0.15, 0.2) is 0 Å². The molecule has 7 aromatic rings. The van der Waals surface area contributed by atoms with E-state index in [9.17, 15) is 0 Å². The van der Waals surface area contributed by atoms with Crippen LogP contribution in [0.4, 0.5) is 0 Å². The number of benzene rings is 4. The molecule has 0 spiro atoms. The molecule has 0 aliphatic heterocycles. The van der Waals surface area contributed by atoms with Gasteiger partial charge < -0.3 is 0 Å². The largest absolute Gasteiger partial charge is 0.251 e. The fourth-order valence-electron chi connectivity index (χ4n) is 5.43. The van der Waals surface area contributed by atoms with Crippen molar-refractivity contribution in [2.45, 2.75) is 13.8 Å². The van der Waals surface area contributed by atoms with E-state index in [4.69, 9.17) is 15.0 Å². The first kappa shape index (κ1) is 23.9. The van der Waals surface area contributed by atoms with Gasteiger partial charge in [0.2, 0.25) is 0 Å². The van der Waals surface area contributed by atoms with Crippen LogP contribution >= 0.6 is 0 Å². The van der Waals surface area contributed by atoms with Crippen LogP contribution in [-0.4, -0.2) is 15.0 Å². The van der Waals surface area contributed by atoms with Gasteiger partial charge in [-0.25, -0.2) is 9.97 Å². The molecule has 3 heteroatoms. The number of hydrogen-bond donors (Lipinski definition) is 0. The van der Waals surface area contributed by atoms with E-state index in [2.05, 4.69) is 122 Å². The van der Waals surface area contributed by atoms with Crippen molar-refractivity contribution in [2.24, 2.45) is 0 Å². The van der Waals surface area contributed by atoms with E-state index in [1.807, 2.05) is 19.1 Å². The van der Waals surface area contributed by atoms with Gasteiger partial charge in [0.05, 0.1) is 28.1 Å². The molecule has 190 valence electrons. The molecule has 3 aromatic heterocycles. The van der Waals surface area contributed by atoms with E-state index in [1.54, 1.807) is 0 Å². The second-order valence-electron chi connectivity index (χ2n) is 10.2. The van der Waals surface area contributed by atoms with E-state index in [-0.39, 0.29) is 0 Å². The van der Waals surface area contributed by atoms with Crippen LogP contribution in [0.1, 0.15) is 11.3 Å². The Hall–Kier alpha value is -5.15. The Bertz CT molecular complexity index is 1950. The van der Waals surface area contributed by atoms with Crippen molar-refractivity contribution in [1.82, 2.24) is 15.0 Å². The first-order valence-corrected chi connectivity index (χ1v) is 13.5. The van der Waals surface area contributed by atoms with E-state index in [1.165, 1.54) is 5.56 Å². The Balaban J connectivity index is 1.47. The molecule has 0 aliphatic rings.